The number of hydrogen-bond acceptors (Lipinski definition) is 6. The maximum atomic E-state index is 13.6. The summed E-state index contributed by atoms with van der Waals surface area (Å²) in [7, 11) is 1.29. The van der Waals surface area contributed by atoms with Crippen LogP contribution < -0.4 is 5.43 Å². The molecule has 2 heterocycles. The van der Waals surface area contributed by atoms with Crippen LogP contribution in [0, 0.1) is 0 Å². The van der Waals surface area contributed by atoms with Crippen LogP contribution in [-0.4, -0.2) is 35.5 Å². The van der Waals surface area contributed by atoms with Crippen molar-refractivity contribution in [1.82, 2.24) is 4.90 Å². The molecule has 1 amide bonds. The highest BCUT2D eigenvalue weighted by Crippen LogP contribution is 2.39. The summed E-state index contributed by atoms with van der Waals surface area (Å²) in [5.41, 5.74) is 1.57. The number of aliphatic hydroxyl groups is 1. The number of aliphatic hydroxyl groups excluding tert-OH is 1. The lowest BCUT2D eigenvalue weighted by molar-refractivity contribution is 0.0579. The molecule has 0 aliphatic carbocycles. The average Bonchev–Trinajstić information content (AvgIpc) is 3.16. The first-order chi connectivity index (χ1) is 16.9. The number of nitrogens with zero attached hydrogens (tertiary/aromatic N) is 1. The van der Waals surface area contributed by atoms with Crippen molar-refractivity contribution in [2.45, 2.75) is 12.1 Å². The molecule has 1 N–H and O–H groups in total. The Labute approximate surface area is 205 Å². The van der Waals surface area contributed by atoms with Gasteiger partial charge < -0.3 is 19.2 Å². The molecule has 3 aromatic carbocycles. The number of ether oxygens (including phenoxy) is 1. The van der Waals surface area contributed by atoms with Gasteiger partial charge in [0.05, 0.1) is 42.3 Å². The topological polar surface area (TPSA) is 97.0 Å². The molecule has 0 spiro atoms. The van der Waals surface area contributed by atoms with Crippen LogP contribution in [0.5, 0.6) is 0 Å². The van der Waals surface area contributed by atoms with E-state index in [1.54, 1.807) is 60.7 Å². The fourth-order valence-corrected chi connectivity index (χ4v) is 4.59. The van der Waals surface area contributed by atoms with Crippen LogP contribution >= 0.6 is 11.6 Å². The summed E-state index contributed by atoms with van der Waals surface area (Å²) in [6, 6.07) is 19.2. The van der Waals surface area contributed by atoms with Gasteiger partial charge in [-0.1, -0.05) is 54.1 Å². The summed E-state index contributed by atoms with van der Waals surface area (Å²) in [6.07, 6.45) is -0.995. The van der Waals surface area contributed by atoms with Crippen LogP contribution in [0.25, 0.3) is 11.0 Å². The molecule has 2 atom stereocenters. The minimum atomic E-state index is -0.995. The smallest absolute Gasteiger partial charge is 0.337 e. The number of hydrogen-bond donors (Lipinski definition) is 1. The average molecular weight is 490 g/mol. The third-order valence-corrected chi connectivity index (χ3v) is 6.36. The highest BCUT2D eigenvalue weighted by molar-refractivity contribution is 6.31. The third kappa shape index (κ3) is 3.99. The van der Waals surface area contributed by atoms with Crippen LogP contribution in [0.2, 0.25) is 5.02 Å². The predicted octanol–water partition coefficient (Wildman–Crippen LogP) is 4.51. The molecule has 35 heavy (non-hydrogen) atoms. The Balaban J connectivity index is 1.66. The van der Waals surface area contributed by atoms with E-state index in [1.807, 2.05) is 6.07 Å². The molecule has 8 heteroatoms. The summed E-state index contributed by atoms with van der Waals surface area (Å²) in [4.78, 5) is 40.4. The molecular weight excluding hydrogens is 470 g/mol. The zero-order chi connectivity index (χ0) is 24.7. The van der Waals surface area contributed by atoms with Crippen molar-refractivity contribution >= 4 is 34.4 Å². The highest BCUT2D eigenvalue weighted by atomic mass is 35.5. The number of esters is 1. The van der Waals surface area contributed by atoms with E-state index in [0.717, 1.165) is 0 Å². The van der Waals surface area contributed by atoms with Crippen LogP contribution in [0.15, 0.2) is 82.0 Å². The number of amides is 1. The molecule has 176 valence electrons. The summed E-state index contributed by atoms with van der Waals surface area (Å²) in [5, 5.41) is 11.5. The molecule has 5 rings (SSSR count). The predicted molar refractivity (Wildman–Crippen MR) is 130 cm³/mol. The Morgan fingerprint density at radius 1 is 1.09 bits per heavy atom. The zero-order valence-electron chi connectivity index (χ0n) is 18.6. The van der Waals surface area contributed by atoms with Crippen molar-refractivity contribution in [3.63, 3.8) is 0 Å². The van der Waals surface area contributed by atoms with Crippen molar-refractivity contribution in [1.29, 1.82) is 0 Å². The second-order valence-electron chi connectivity index (χ2n) is 8.21. The standard InChI is InChI=1S/C27H20ClNO6/c1-34-27(33)17-9-7-16(8-10-17)23-22-24(31)19-13-18(28)11-12-21(19)35-25(22)26(32)29(23)14-20(30)15-5-3-2-4-6-15/h2-13,20,23,30H,14H2,1H3. The Kier molecular flexibility index (Phi) is 5.88. The summed E-state index contributed by atoms with van der Waals surface area (Å²) in [5.74, 6) is -1.09. The molecule has 0 radical (unpaired) electrons. The molecule has 7 nitrogen and oxygen atoms in total. The molecular formula is C27H20ClNO6. The monoisotopic (exact) mass is 489 g/mol. The van der Waals surface area contributed by atoms with Gasteiger partial charge >= 0.3 is 5.97 Å². The maximum Gasteiger partial charge on any atom is 0.337 e. The molecule has 4 aromatic rings. The number of β-amino-alcohol motifs (C(OH)–C–C–N with tert-alkyl or cyclic N) is 1. The van der Waals surface area contributed by atoms with Crippen molar-refractivity contribution < 1.29 is 23.8 Å². The summed E-state index contributed by atoms with van der Waals surface area (Å²) in [6.45, 7) is -0.0764. The van der Waals surface area contributed by atoms with Crippen LogP contribution in [0.4, 0.5) is 0 Å². The largest absolute Gasteiger partial charge is 0.465 e. The molecule has 1 aliphatic heterocycles. The molecule has 0 saturated heterocycles. The van der Waals surface area contributed by atoms with Gasteiger partial charge in [-0.2, -0.15) is 0 Å². The quantitative estimate of drug-likeness (QED) is 0.414. The van der Waals surface area contributed by atoms with Gasteiger partial charge in [0.25, 0.3) is 5.91 Å². The van der Waals surface area contributed by atoms with Gasteiger partial charge in [0.1, 0.15) is 5.58 Å². The van der Waals surface area contributed by atoms with Crippen LogP contribution in [0.1, 0.15) is 49.7 Å². The second kappa shape index (κ2) is 9.02. The van der Waals surface area contributed by atoms with Crippen molar-refractivity contribution in [2.24, 2.45) is 0 Å². The number of methoxy groups -OCH3 is 1. The maximum absolute atomic E-state index is 13.6. The van der Waals surface area contributed by atoms with E-state index in [2.05, 4.69) is 0 Å². The number of carbonyl (C=O) groups is 2. The SMILES string of the molecule is COC(=O)c1ccc(C2c3c(oc4ccc(Cl)cc4c3=O)C(=O)N2CC(O)c2ccccc2)cc1. The molecule has 2 unspecified atom stereocenters. The Hall–Kier alpha value is -3.94. The minimum Gasteiger partial charge on any atom is -0.465 e. The lowest BCUT2D eigenvalue weighted by atomic mass is 9.97. The molecule has 0 fully saturated rings. The van der Waals surface area contributed by atoms with Crippen molar-refractivity contribution in [3.8, 4) is 0 Å². The fraction of sp³-hybridized carbons (Fsp3) is 0.148. The van der Waals surface area contributed by atoms with Gasteiger partial charge in [-0.25, -0.2) is 4.79 Å². The van der Waals surface area contributed by atoms with E-state index >= 15 is 0 Å². The van der Waals surface area contributed by atoms with Gasteiger partial charge in [-0.3, -0.25) is 9.59 Å². The number of halogens is 1. The normalized spacial score (nSPS) is 15.8. The second-order valence-corrected chi connectivity index (χ2v) is 8.65. The lowest BCUT2D eigenvalue weighted by Crippen LogP contribution is -2.33. The van der Waals surface area contributed by atoms with E-state index in [4.69, 9.17) is 20.8 Å². The Morgan fingerprint density at radius 2 is 1.80 bits per heavy atom. The zero-order valence-corrected chi connectivity index (χ0v) is 19.4. The van der Waals surface area contributed by atoms with E-state index in [1.165, 1.54) is 18.1 Å². The number of benzene rings is 3. The van der Waals surface area contributed by atoms with E-state index in [-0.39, 0.29) is 34.3 Å². The van der Waals surface area contributed by atoms with Gasteiger partial charge in [0, 0.05) is 5.02 Å². The first-order valence-corrected chi connectivity index (χ1v) is 11.3. The molecule has 1 aliphatic rings. The first-order valence-electron chi connectivity index (χ1n) is 10.9. The lowest BCUT2D eigenvalue weighted by Gasteiger charge is -2.27. The van der Waals surface area contributed by atoms with Crippen molar-refractivity contribution in [2.75, 3.05) is 13.7 Å². The van der Waals surface area contributed by atoms with Gasteiger partial charge in [0.2, 0.25) is 5.76 Å². The highest BCUT2D eigenvalue weighted by Gasteiger charge is 2.43. The van der Waals surface area contributed by atoms with Crippen LogP contribution in [-0.2, 0) is 4.74 Å². The van der Waals surface area contributed by atoms with Gasteiger partial charge in [0.15, 0.2) is 5.43 Å². The molecule has 1 aromatic heterocycles. The number of carbonyl (C=O) groups excluding carboxylic acids is 2. The fourth-order valence-electron chi connectivity index (χ4n) is 4.41. The van der Waals surface area contributed by atoms with Crippen LogP contribution in [0.3, 0.4) is 0 Å². The van der Waals surface area contributed by atoms with E-state index in [9.17, 15) is 19.5 Å². The van der Waals surface area contributed by atoms with E-state index < -0.39 is 24.0 Å². The molecule has 0 bridgehead atoms. The van der Waals surface area contributed by atoms with Crippen molar-refractivity contribution in [3.05, 3.63) is 116 Å². The first kappa shape index (κ1) is 22.8. The Bertz CT molecular complexity index is 1500. The summed E-state index contributed by atoms with van der Waals surface area (Å²) < 4.78 is 10.7. The van der Waals surface area contributed by atoms with Gasteiger partial charge in [-0.05, 0) is 41.5 Å². The minimum absolute atomic E-state index is 0.0764. The summed E-state index contributed by atoms with van der Waals surface area (Å²) >= 11 is 6.12. The van der Waals surface area contributed by atoms with Gasteiger partial charge in [-0.15, -0.1) is 0 Å². The number of fused-ring (bicyclic) bond motifs is 2. The van der Waals surface area contributed by atoms with E-state index in [0.29, 0.717) is 21.7 Å². The third-order valence-electron chi connectivity index (χ3n) is 6.13. The Morgan fingerprint density at radius 3 is 2.49 bits per heavy atom. The molecule has 0 saturated carbocycles. The number of rotatable bonds is 5.